The highest BCUT2D eigenvalue weighted by Gasteiger charge is 2.04. The maximum Gasteiger partial charge on any atom is 0.0795 e. The van der Waals surface area contributed by atoms with Crippen molar-refractivity contribution in [3.63, 3.8) is 0 Å². The summed E-state index contributed by atoms with van der Waals surface area (Å²) < 4.78 is 0. The van der Waals surface area contributed by atoms with Crippen LogP contribution >= 0.6 is 11.3 Å². The molecule has 0 fully saturated rings. The van der Waals surface area contributed by atoms with E-state index in [0.29, 0.717) is 6.04 Å². The SMILES string of the molecule is CC#CCCNC(C)c1cscn1. The molecule has 1 aromatic heterocycles. The van der Waals surface area contributed by atoms with Crippen molar-refractivity contribution in [2.24, 2.45) is 0 Å². The fourth-order valence-corrected chi connectivity index (χ4v) is 1.66. The van der Waals surface area contributed by atoms with E-state index in [1.165, 1.54) is 0 Å². The van der Waals surface area contributed by atoms with Crippen LogP contribution in [0.2, 0.25) is 0 Å². The number of nitrogens with zero attached hydrogens (tertiary/aromatic N) is 1. The highest BCUT2D eigenvalue weighted by molar-refractivity contribution is 7.07. The topological polar surface area (TPSA) is 24.9 Å². The summed E-state index contributed by atoms with van der Waals surface area (Å²) in [5.41, 5.74) is 2.98. The maximum atomic E-state index is 4.24. The van der Waals surface area contributed by atoms with E-state index >= 15 is 0 Å². The monoisotopic (exact) mass is 194 g/mol. The van der Waals surface area contributed by atoms with E-state index < -0.39 is 0 Å². The molecule has 0 saturated heterocycles. The molecule has 70 valence electrons. The van der Waals surface area contributed by atoms with Gasteiger partial charge in [-0.05, 0) is 13.8 Å². The Hall–Kier alpha value is -0.850. The Labute approximate surface area is 83.4 Å². The third kappa shape index (κ3) is 3.58. The normalized spacial score (nSPS) is 11.8. The second kappa shape index (κ2) is 5.74. The average Bonchev–Trinajstić information content (AvgIpc) is 2.65. The van der Waals surface area contributed by atoms with Crippen LogP contribution in [0.5, 0.6) is 0 Å². The zero-order valence-corrected chi connectivity index (χ0v) is 8.82. The Morgan fingerprint density at radius 3 is 3.15 bits per heavy atom. The fraction of sp³-hybridized carbons (Fsp3) is 0.500. The van der Waals surface area contributed by atoms with Crippen molar-refractivity contribution in [3.05, 3.63) is 16.6 Å². The van der Waals surface area contributed by atoms with Crippen molar-refractivity contribution < 1.29 is 0 Å². The van der Waals surface area contributed by atoms with Gasteiger partial charge in [-0.3, -0.25) is 0 Å². The Morgan fingerprint density at radius 2 is 2.54 bits per heavy atom. The minimum atomic E-state index is 0.338. The molecule has 0 aliphatic rings. The quantitative estimate of drug-likeness (QED) is 0.587. The summed E-state index contributed by atoms with van der Waals surface area (Å²) in [5, 5.41) is 5.43. The lowest BCUT2D eigenvalue weighted by atomic mass is 10.2. The van der Waals surface area contributed by atoms with Crippen molar-refractivity contribution in [2.75, 3.05) is 6.54 Å². The molecule has 1 aromatic rings. The van der Waals surface area contributed by atoms with E-state index in [0.717, 1.165) is 18.7 Å². The Morgan fingerprint density at radius 1 is 1.69 bits per heavy atom. The van der Waals surface area contributed by atoms with Gasteiger partial charge in [-0.2, -0.15) is 0 Å². The second-order valence-corrected chi connectivity index (χ2v) is 3.48. The highest BCUT2D eigenvalue weighted by Crippen LogP contribution is 2.11. The first-order valence-corrected chi connectivity index (χ1v) is 5.30. The number of aromatic nitrogens is 1. The summed E-state index contributed by atoms with van der Waals surface area (Å²) in [6.07, 6.45) is 0.908. The van der Waals surface area contributed by atoms with Crippen molar-refractivity contribution >= 4 is 11.3 Å². The molecule has 13 heavy (non-hydrogen) atoms. The predicted octanol–water partition coefficient (Wildman–Crippen LogP) is 2.21. The Kier molecular flexibility index (Phi) is 4.52. The van der Waals surface area contributed by atoms with Crippen LogP contribution in [0, 0.1) is 11.8 Å². The molecule has 0 spiro atoms. The summed E-state index contributed by atoms with van der Waals surface area (Å²) in [5.74, 6) is 5.89. The molecule has 0 aromatic carbocycles. The summed E-state index contributed by atoms with van der Waals surface area (Å²) in [4.78, 5) is 4.24. The van der Waals surface area contributed by atoms with Crippen LogP contribution in [-0.4, -0.2) is 11.5 Å². The standard InChI is InChI=1S/C10H14N2S/c1-3-4-5-6-11-9(2)10-7-13-8-12-10/h7-9,11H,5-6H2,1-2H3. The highest BCUT2D eigenvalue weighted by atomic mass is 32.1. The van der Waals surface area contributed by atoms with Crippen molar-refractivity contribution in [3.8, 4) is 11.8 Å². The molecular formula is C10H14N2S. The second-order valence-electron chi connectivity index (χ2n) is 2.77. The summed E-state index contributed by atoms with van der Waals surface area (Å²) in [7, 11) is 0. The average molecular weight is 194 g/mol. The third-order valence-corrected chi connectivity index (χ3v) is 2.38. The Bertz CT molecular complexity index is 282. The van der Waals surface area contributed by atoms with Gasteiger partial charge in [0.1, 0.15) is 0 Å². The summed E-state index contributed by atoms with van der Waals surface area (Å²) in [6.45, 7) is 4.91. The van der Waals surface area contributed by atoms with Crippen LogP contribution in [0.1, 0.15) is 32.0 Å². The van der Waals surface area contributed by atoms with E-state index in [-0.39, 0.29) is 0 Å². The van der Waals surface area contributed by atoms with Gasteiger partial charge in [-0.25, -0.2) is 4.98 Å². The molecule has 3 heteroatoms. The van der Waals surface area contributed by atoms with Gasteiger partial charge in [-0.15, -0.1) is 23.2 Å². The van der Waals surface area contributed by atoms with Crippen LogP contribution < -0.4 is 5.32 Å². The fourth-order valence-electron chi connectivity index (χ4n) is 1.02. The van der Waals surface area contributed by atoms with Gasteiger partial charge >= 0.3 is 0 Å². The van der Waals surface area contributed by atoms with E-state index in [9.17, 15) is 0 Å². The molecule has 0 amide bonds. The molecule has 1 unspecified atom stereocenters. The van der Waals surface area contributed by atoms with Crippen LogP contribution in [0.25, 0.3) is 0 Å². The molecule has 1 rings (SSSR count). The number of hydrogen-bond donors (Lipinski definition) is 1. The molecule has 1 atom stereocenters. The molecule has 0 aliphatic heterocycles. The third-order valence-electron chi connectivity index (χ3n) is 1.77. The number of nitrogens with one attached hydrogen (secondary N) is 1. The van der Waals surface area contributed by atoms with E-state index in [1.54, 1.807) is 11.3 Å². The lowest BCUT2D eigenvalue weighted by molar-refractivity contribution is 0.573. The van der Waals surface area contributed by atoms with E-state index in [4.69, 9.17) is 0 Å². The smallest absolute Gasteiger partial charge is 0.0795 e. The van der Waals surface area contributed by atoms with Gasteiger partial charge in [0.05, 0.1) is 11.2 Å². The maximum absolute atomic E-state index is 4.24. The number of thiazole rings is 1. The molecule has 0 saturated carbocycles. The molecular weight excluding hydrogens is 180 g/mol. The minimum Gasteiger partial charge on any atom is -0.308 e. The molecule has 2 nitrogen and oxygen atoms in total. The van der Waals surface area contributed by atoms with Crippen LogP contribution in [-0.2, 0) is 0 Å². The van der Waals surface area contributed by atoms with Gasteiger partial charge in [0.25, 0.3) is 0 Å². The van der Waals surface area contributed by atoms with Gasteiger partial charge in [0.2, 0.25) is 0 Å². The zero-order chi connectivity index (χ0) is 9.52. The first-order chi connectivity index (χ1) is 6.34. The predicted molar refractivity (Wildman–Crippen MR) is 56.6 cm³/mol. The summed E-state index contributed by atoms with van der Waals surface area (Å²) >= 11 is 1.63. The minimum absolute atomic E-state index is 0.338. The first-order valence-electron chi connectivity index (χ1n) is 4.35. The zero-order valence-electron chi connectivity index (χ0n) is 8.00. The van der Waals surface area contributed by atoms with Crippen molar-refractivity contribution in [1.29, 1.82) is 0 Å². The van der Waals surface area contributed by atoms with Crippen LogP contribution in [0.4, 0.5) is 0 Å². The molecule has 1 heterocycles. The number of rotatable bonds is 4. The molecule has 0 radical (unpaired) electrons. The summed E-state index contributed by atoms with van der Waals surface area (Å²) in [6, 6.07) is 0.338. The first kappa shape index (κ1) is 10.2. The van der Waals surface area contributed by atoms with Crippen molar-refractivity contribution in [2.45, 2.75) is 26.3 Å². The van der Waals surface area contributed by atoms with E-state index in [1.807, 2.05) is 12.4 Å². The van der Waals surface area contributed by atoms with Gasteiger partial charge in [0.15, 0.2) is 0 Å². The molecule has 0 aliphatic carbocycles. The van der Waals surface area contributed by atoms with Gasteiger partial charge in [0, 0.05) is 24.4 Å². The van der Waals surface area contributed by atoms with Crippen LogP contribution in [0.15, 0.2) is 10.9 Å². The lowest BCUT2D eigenvalue weighted by Crippen LogP contribution is -2.19. The van der Waals surface area contributed by atoms with Crippen LogP contribution in [0.3, 0.4) is 0 Å². The van der Waals surface area contributed by atoms with Gasteiger partial charge in [-0.1, -0.05) is 0 Å². The molecule has 0 bridgehead atoms. The van der Waals surface area contributed by atoms with Gasteiger partial charge < -0.3 is 5.32 Å². The largest absolute Gasteiger partial charge is 0.308 e. The van der Waals surface area contributed by atoms with E-state index in [2.05, 4.69) is 34.4 Å². The lowest BCUT2D eigenvalue weighted by Gasteiger charge is -2.09. The van der Waals surface area contributed by atoms with Crippen molar-refractivity contribution in [1.82, 2.24) is 10.3 Å². The number of hydrogen-bond acceptors (Lipinski definition) is 3. The Balaban J connectivity index is 2.25. The molecule has 1 N–H and O–H groups in total.